The van der Waals surface area contributed by atoms with Gasteiger partial charge in [-0.05, 0) is 39.9 Å². The number of hydrogen-bond acceptors (Lipinski definition) is 2. The molecule has 0 aromatic heterocycles. The van der Waals surface area contributed by atoms with Gasteiger partial charge in [0.1, 0.15) is 11.5 Å². The molecule has 5 aromatic carbocycles. The van der Waals surface area contributed by atoms with Gasteiger partial charge in [-0.3, -0.25) is 0 Å². The summed E-state index contributed by atoms with van der Waals surface area (Å²) in [5.41, 5.74) is 7.26. The Hall–Kier alpha value is -4.30. The highest BCUT2D eigenvalue weighted by Gasteiger charge is 2.25. The van der Waals surface area contributed by atoms with Crippen LogP contribution in [0.15, 0.2) is 127 Å². The lowest BCUT2D eigenvalue weighted by Crippen LogP contribution is -2.07. The van der Waals surface area contributed by atoms with Crippen molar-refractivity contribution in [1.29, 1.82) is 0 Å². The lowest BCUT2D eigenvalue weighted by molar-refractivity contribution is 0.458. The lowest BCUT2D eigenvalue weighted by atomic mass is 9.80. The van der Waals surface area contributed by atoms with Crippen LogP contribution in [0, 0.1) is 0 Å². The van der Waals surface area contributed by atoms with Gasteiger partial charge >= 0.3 is 0 Å². The van der Waals surface area contributed by atoms with Crippen molar-refractivity contribution in [2.24, 2.45) is 0 Å². The molecule has 0 aliphatic heterocycles. The molecule has 0 saturated heterocycles. The Morgan fingerprint density at radius 3 is 1.14 bits per heavy atom. The Morgan fingerprint density at radius 1 is 0.405 bits per heavy atom. The van der Waals surface area contributed by atoms with Crippen molar-refractivity contribution in [1.82, 2.24) is 0 Å². The van der Waals surface area contributed by atoms with Crippen molar-refractivity contribution in [3.63, 3.8) is 0 Å². The molecular formula is C35H32O2. The third-order valence-electron chi connectivity index (χ3n) is 7.46. The number of benzene rings is 5. The zero-order chi connectivity index (χ0) is 25.8. The second kappa shape index (κ2) is 10.8. The molecule has 2 nitrogen and oxygen atoms in total. The fraction of sp³-hybridized carbons (Fsp3) is 0.143. The van der Waals surface area contributed by atoms with Crippen LogP contribution in [-0.2, 0) is 0 Å². The van der Waals surface area contributed by atoms with Crippen molar-refractivity contribution in [3.8, 4) is 11.5 Å². The van der Waals surface area contributed by atoms with E-state index in [4.69, 9.17) is 0 Å². The van der Waals surface area contributed by atoms with Crippen molar-refractivity contribution in [2.45, 2.75) is 31.6 Å². The molecule has 0 amide bonds. The fourth-order valence-electron chi connectivity index (χ4n) is 5.19. The molecule has 5 rings (SSSR count). The van der Waals surface area contributed by atoms with Crippen LogP contribution in [-0.4, -0.2) is 10.2 Å². The molecule has 0 bridgehead atoms. The summed E-state index contributed by atoms with van der Waals surface area (Å²) in [6.07, 6.45) is 0. The van der Waals surface area contributed by atoms with Crippen LogP contribution in [0.5, 0.6) is 11.5 Å². The molecule has 0 heterocycles. The minimum atomic E-state index is -0.327. The Balaban J connectivity index is 1.64. The van der Waals surface area contributed by atoms with E-state index in [2.05, 4.69) is 86.6 Å². The normalized spacial score (nSPS) is 13.6. The van der Waals surface area contributed by atoms with Crippen molar-refractivity contribution in [3.05, 3.63) is 166 Å². The van der Waals surface area contributed by atoms with Gasteiger partial charge in [0, 0.05) is 28.9 Å². The second-order valence-electron chi connectivity index (χ2n) is 9.74. The predicted molar refractivity (Wildman–Crippen MR) is 152 cm³/mol. The standard InChI is InChI=1S/C35H32O2/c1-24(26-12-6-3-7-13-26)29-18-20-33(36)31(22-29)35(28-16-10-5-11-17-28)32-23-30(19-21-34(32)37)25(2)27-14-8-4-9-15-27/h3-25,35-37H,1-2H3. The molecule has 184 valence electrons. The summed E-state index contributed by atoms with van der Waals surface area (Å²) in [6.45, 7) is 4.37. The first-order valence-electron chi connectivity index (χ1n) is 12.8. The van der Waals surface area contributed by atoms with E-state index in [9.17, 15) is 10.2 Å². The van der Waals surface area contributed by atoms with Gasteiger partial charge in [0.25, 0.3) is 0 Å². The zero-order valence-corrected chi connectivity index (χ0v) is 21.3. The minimum Gasteiger partial charge on any atom is -0.508 e. The topological polar surface area (TPSA) is 40.5 Å². The molecule has 0 aliphatic rings. The monoisotopic (exact) mass is 484 g/mol. The molecule has 0 radical (unpaired) electrons. The third-order valence-corrected chi connectivity index (χ3v) is 7.46. The Kier molecular flexibility index (Phi) is 7.09. The largest absolute Gasteiger partial charge is 0.508 e. The molecule has 2 heteroatoms. The van der Waals surface area contributed by atoms with E-state index in [1.165, 1.54) is 11.1 Å². The van der Waals surface area contributed by atoms with Gasteiger partial charge < -0.3 is 10.2 Å². The van der Waals surface area contributed by atoms with Crippen LogP contribution < -0.4 is 0 Å². The fourth-order valence-corrected chi connectivity index (χ4v) is 5.19. The highest BCUT2D eigenvalue weighted by atomic mass is 16.3. The smallest absolute Gasteiger partial charge is 0.119 e. The summed E-state index contributed by atoms with van der Waals surface area (Å²) in [7, 11) is 0. The average molecular weight is 485 g/mol. The quantitative estimate of drug-likeness (QED) is 0.227. The van der Waals surface area contributed by atoms with Crippen LogP contribution in [0.4, 0.5) is 0 Å². The first-order valence-corrected chi connectivity index (χ1v) is 12.8. The minimum absolute atomic E-state index is 0.162. The highest BCUT2D eigenvalue weighted by molar-refractivity contribution is 5.55. The summed E-state index contributed by atoms with van der Waals surface area (Å²) >= 11 is 0. The van der Waals surface area contributed by atoms with Gasteiger partial charge in [-0.2, -0.15) is 0 Å². The first-order chi connectivity index (χ1) is 18.0. The maximum Gasteiger partial charge on any atom is 0.119 e. The van der Waals surface area contributed by atoms with Crippen LogP contribution in [0.2, 0.25) is 0 Å². The predicted octanol–water partition coefficient (Wildman–Crippen LogP) is 8.58. The summed E-state index contributed by atoms with van der Waals surface area (Å²) in [6, 6.07) is 42.6. The number of rotatable bonds is 7. The zero-order valence-electron chi connectivity index (χ0n) is 21.3. The van der Waals surface area contributed by atoms with Gasteiger partial charge in [-0.15, -0.1) is 0 Å². The van der Waals surface area contributed by atoms with Gasteiger partial charge in [-0.25, -0.2) is 0 Å². The van der Waals surface area contributed by atoms with Gasteiger partial charge in [0.05, 0.1) is 0 Å². The van der Waals surface area contributed by atoms with E-state index in [0.717, 1.165) is 27.8 Å². The molecule has 37 heavy (non-hydrogen) atoms. The first kappa shape index (κ1) is 24.4. The Morgan fingerprint density at radius 2 is 0.757 bits per heavy atom. The summed E-state index contributed by atoms with van der Waals surface area (Å²) < 4.78 is 0. The lowest BCUT2D eigenvalue weighted by Gasteiger charge is -2.24. The Bertz CT molecular complexity index is 1360. The molecule has 2 N–H and O–H groups in total. The number of aromatic hydroxyl groups is 2. The van der Waals surface area contributed by atoms with Crippen LogP contribution in [0.1, 0.15) is 70.5 Å². The Labute approximate surface area is 219 Å². The summed E-state index contributed by atoms with van der Waals surface area (Å²) in [5.74, 6) is 0.439. The van der Waals surface area contributed by atoms with Crippen LogP contribution in [0.25, 0.3) is 0 Å². The molecule has 5 aromatic rings. The SMILES string of the molecule is CC(c1ccccc1)c1ccc(O)c(C(c2ccccc2)c2cc(C(C)c3ccccc3)ccc2O)c1. The van der Waals surface area contributed by atoms with Crippen molar-refractivity contribution < 1.29 is 10.2 Å². The average Bonchev–Trinajstić information content (AvgIpc) is 2.96. The maximum atomic E-state index is 11.1. The van der Waals surface area contributed by atoms with E-state index >= 15 is 0 Å². The number of phenols is 2. The molecule has 0 saturated carbocycles. The highest BCUT2D eigenvalue weighted by Crippen LogP contribution is 2.43. The summed E-state index contributed by atoms with van der Waals surface area (Å²) in [5, 5.41) is 22.3. The molecular weight excluding hydrogens is 452 g/mol. The van der Waals surface area contributed by atoms with E-state index < -0.39 is 0 Å². The second-order valence-corrected chi connectivity index (χ2v) is 9.74. The maximum absolute atomic E-state index is 11.1. The molecule has 0 aliphatic carbocycles. The van der Waals surface area contributed by atoms with E-state index in [0.29, 0.717) is 0 Å². The van der Waals surface area contributed by atoms with E-state index in [-0.39, 0.29) is 29.3 Å². The van der Waals surface area contributed by atoms with Crippen LogP contribution in [0.3, 0.4) is 0 Å². The van der Waals surface area contributed by atoms with Gasteiger partial charge in [-0.1, -0.05) is 129 Å². The van der Waals surface area contributed by atoms with E-state index in [1.54, 1.807) is 12.1 Å². The third kappa shape index (κ3) is 5.15. The summed E-state index contributed by atoms with van der Waals surface area (Å²) in [4.78, 5) is 0. The molecule has 0 spiro atoms. The number of phenolic OH excluding ortho intramolecular Hbond substituents is 2. The van der Waals surface area contributed by atoms with Crippen molar-refractivity contribution in [2.75, 3.05) is 0 Å². The van der Waals surface area contributed by atoms with Crippen LogP contribution >= 0.6 is 0 Å². The van der Waals surface area contributed by atoms with E-state index in [1.807, 2.05) is 42.5 Å². The van der Waals surface area contributed by atoms with Crippen molar-refractivity contribution >= 4 is 0 Å². The number of hydrogen-bond donors (Lipinski definition) is 2. The van der Waals surface area contributed by atoms with Gasteiger partial charge in [0.2, 0.25) is 0 Å². The molecule has 0 fully saturated rings. The van der Waals surface area contributed by atoms with Gasteiger partial charge in [0.15, 0.2) is 0 Å². The molecule has 2 unspecified atom stereocenters. The molecule has 2 atom stereocenters.